The van der Waals surface area contributed by atoms with Crippen LogP contribution in [0, 0.1) is 5.92 Å². The number of rotatable bonds is 5. The van der Waals surface area contributed by atoms with E-state index in [-0.39, 0.29) is 24.2 Å². The summed E-state index contributed by atoms with van der Waals surface area (Å²) in [6.45, 7) is 0. The first-order chi connectivity index (χ1) is 10.2. The second-order valence-electron chi connectivity index (χ2n) is 5.50. The van der Waals surface area contributed by atoms with Crippen LogP contribution in [0.15, 0.2) is 24.5 Å². The predicted octanol–water partition coefficient (Wildman–Crippen LogP) is 1.86. The standard InChI is InChI=1S/C16H22N2O3/c1-21-16(20)15(13-5-3-2-4-6-13)18-14(19)11-12-7-9-17-10-8-12/h7-10,13,15H,2-6,11H2,1H3,(H,18,19). The zero-order valence-electron chi connectivity index (χ0n) is 12.4. The van der Waals surface area contributed by atoms with E-state index in [0.717, 1.165) is 31.2 Å². The molecule has 0 aliphatic heterocycles. The van der Waals surface area contributed by atoms with Crippen molar-refractivity contribution in [2.45, 2.75) is 44.6 Å². The van der Waals surface area contributed by atoms with Crippen molar-refractivity contribution in [1.29, 1.82) is 0 Å². The zero-order chi connectivity index (χ0) is 15.1. The van der Waals surface area contributed by atoms with Crippen molar-refractivity contribution in [1.82, 2.24) is 10.3 Å². The molecule has 5 nitrogen and oxygen atoms in total. The summed E-state index contributed by atoms with van der Waals surface area (Å²) in [5.41, 5.74) is 0.884. The Labute approximate surface area is 125 Å². The van der Waals surface area contributed by atoms with Crippen molar-refractivity contribution in [3.8, 4) is 0 Å². The van der Waals surface area contributed by atoms with Crippen LogP contribution in [0.25, 0.3) is 0 Å². The first-order valence-electron chi connectivity index (χ1n) is 7.47. The Kier molecular flexibility index (Phi) is 5.72. The molecule has 5 heteroatoms. The van der Waals surface area contributed by atoms with Crippen LogP contribution in [0.2, 0.25) is 0 Å². The highest BCUT2D eigenvalue weighted by Crippen LogP contribution is 2.27. The average molecular weight is 290 g/mol. The van der Waals surface area contributed by atoms with E-state index < -0.39 is 6.04 Å². The molecule has 1 heterocycles. The molecular weight excluding hydrogens is 268 g/mol. The number of aromatic nitrogens is 1. The number of pyridine rings is 1. The number of esters is 1. The Bertz CT molecular complexity index is 470. The van der Waals surface area contributed by atoms with Gasteiger partial charge in [-0.1, -0.05) is 19.3 Å². The van der Waals surface area contributed by atoms with E-state index in [1.807, 2.05) is 0 Å². The molecule has 1 fully saturated rings. The van der Waals surface area contributed by atoms with E-state index in [4.69, 9.17) is 4.74 Å². The Morgan fingerprint density at radius 3 is 2.57 bits per heavy atom. The van der Waals surface area contributed by atoms with Crippen LogP contribution in [0.4, 0.5) is 0 Å². The van der Waals surface area contributed by atoms with Crippen LogP contribution in [0.3, 0.4) is 0 Å². The lowest BCUT2D eigenvalue weighted by Gasteiger charge is -2.29. The monoisotopic (exact) mass is 290 g/mol. The van der Waals surface area contributed by atoms with Crippen molar-refractivity contribution < 1.29 is 14.3 Å². The third-order valence-electron chi connectivity index (χ3n) is 4.01. The Morgan fingerprint density at radius 2 is 1.95 bits per heavy atom. The fourth-order valence-electron chi connectivity index (χ4n) is 2.87. The van der Waals surface area contributed by atoms with Gasteiger partial charge in [0.25, 0.3) is 0 Å². The normalized spacial score (nSPS) is 17.0. The maximum absolute atomic E-state index is 12.1. The van der Waals surface area contributed by atoms with Gasteiger partial charge in [-0.15, -0.1) is 0 Å². The Morgan fingerprint density at radius 1 is 1.29 bits per heavy atom. The average Bonchev–Trinajstić information content (AvgIpc) is 2.53. The number of carbonyl (C=O) groups excluding carboxylic acids is 2. The highest BCUT2D eigenvalue weighted by atomic mass is 16.5. The van der Waals surface area contributed by atoms with Gasteiger partial charge < -0.3 is 10.1 Å². The van der Waals surface area contributed by atoms with Gasteiger partial charge in [-0.3, -0.25) is 9.78 Å². The van der Waals surface area contributed by atoms with Crippen molar-refractivity contribution in [2.24, 2.45) is 5.92 Å². The fourth-order valence-corrected chi connectivity index (χ4v) is 2.87. The number of ether oxygens (including phenoxy) is 1. The predicted molar refractivity (Wildman–Crippen MR) is 78.5 cm³/mol. The highest BCUT2D eigenvalue weighted by Gasteiger charge is 2.31. The molecule has 1 saturated carbocycles. The molecule has 2 rings (SSSR count). The van der Waals surface area contributed by atoms with Gasteiger partial charge in [-0.25, -0.2) is 4.79 Å². The molecule has 1 atom stereocenters. The molecule has 0 spiro atoms. The number of hydrogen-bond acceptors (Lipinski definition) is 4. The van der Waals surface area contributed by atoms with Gasteiger partial charge in [-0.2, -0.15) is 0 Å². The number of methoxy groups -OCH3 is 1. The summed E-state index contributed by atoms with van der Waals surface area (Å²) >= 11 is 0. The van der Waals surface area contributed by atoms with Crippen LogP contribution >= 0.6 is 0 Å². The van der Waals surface area contributed by atoms with Crippen LogP contribution in [0.5, 0.6) is 0 Å². The lowest BCUT2D eigenvalue weighted by atomic mass is 9.84. The van der Waals surface area contributed by atoms with Crippen LogP contribution in [-0.4, -0.2) is 30.0 Å². The quantitative estimate of drug-likeness (QED) is 0.840. The van der Waals surface area contributed by atoms with E-state index in [9.17, 15) is 9.59 Å². The molecule has 1 aromatic rings. The Balaban J connectivity index is 1.97. The molecule has 21 heavy (non-hydrogen) atoms. The van der Waals surface area contributed by atoms with Crippen molar-refractivity contribution in [3.05, 3.63) is 30.1 Å². The molecule has 114 valence electrons. The Hall–Kier alpha value is -1.91. The smallest absolute Gasteiger partial charge is 0.328 e. The highest BCUT2D eigenvalue weighted by molar-refractivity contribution is 5.85. The van der Waals surface area contributed by atoms with E-state index in [1.54, 1.807) is 24.5 Å². The van der Waals surface area contributed by atoms with Crippen molar-refractivity contribution in [2.75, 3.05) is 7.11 Å². The third-order valence-corrected chi connectivity index (χ3v) is 4.01. The molecule has 0 saturated heterocycles. The lowest BCUT2D eigenvalue weighted by molar-refractivity contribution is -0.147. The molecule has 0 radical (unpaired) electrons. The van der Waals surface area contributed by atoms with Crippen molar-refractivity contribution in [3.63, 3.8) is 0 Å². The van der Waals surface area contributed by atoms with Gasteiger partial charge in [0, 0.05) is 12.4 Å². The van der Waals surface area contributed by atoms with Crippen LogP contribution in [-0.2, 0) is 20.7 Å². The van der Waals surface area contributed by atoms with Gasteiger partial charge in [0.2, 0.25) is 5.91 Å². The summed E-state index contributed by atoms with van der Waals surface area (Å²) in [5, 5.41) is 2.85. The van der Waals surface area contributed by atoms with Gasteiger partial charge >= 0.3 is 5.97 Å². The van der Waals surface area contributed by atoms with E-state index >= 15 is 0 Å². The van der Waals surface area contributed by atoms with E-state index in [1.165, 1.54) is 13.5 Å². The fraction of sp³-hybridized carbons (Fsp3) is 0.562. The van der Waals surface area contributed by atoms with Crippen molar-refractivity contribution >= 4 is 11.9 Å². The number of hydrogen-bond donors (Lipinski definition) is 1. The summed E-state index contributed by atoms with van der Waals surface area (Å²) in [6, 6.07) is 3.07. The topological polar surface area (TPSA) is 68.3 Å². The molecule has 1 unspecified atom stereocenters. The van der Waals surface area contributed by atoms with E-state index in [2.05, 4.69) is 10.3 Å². The van der Waals surface area contributed by atoms with E-state index in [0.29, 0.717) is 0 Å². The summed E-state index contributed by atoms with van der Waals surface area (Å²) in [7, 11) is 1.37. The molecule has 1 N–H and O–H groups in total. The van der Waals surface area contributed by atoms with Gasteiger partial charge in [0.1, 0.15) is 6.04 Å². The number of nitrogens with zero attached hydrogens (tertiary/aromatic N) is 1. The van der Waals surface area contributed by atoms with Gasteiger partial charge in [0.15, 0.2) is 0 Å². The van der Waals surface area contributed by atoms with Crippen LogP contribution in [0.1, 0.15) is 37.7 Å². The van der Waals surface area contributed by atoms with Gasteiger partial charge in [0.05, 0.1) is 13.5 Å². The summed E-state index contributed by atoms with van der Waals surface area (Å²) in [5.74, 6) is -0.306. The number of nitrogens with one attached hydrogen (secondary N) is 1. The molecule has 1 aliphatic rings. The zero-order valence-corrected chi connectivity index (χ0v) is 12.4. The van der Waals surface area contributed by atoms with Gasteiger partial charge in [-0.05, 0) is 36.5 Å². The first kappa shape index (κ1) is 15.5. The minimum Gasteiger partial charge on any atom is -0.467 e. The summed E-state index contributed by atoms with van der Waals surface area (Å²) in [4.78, 5) is 28.0. The maximum atomic E-state index is 12.1. The number of carbonyl (C=O) groups is 2. The second-order valence-corrected chi connectivity index (χ2v) is 5.50. The van der Waals surface area contributed by atoms with Crippen LogP contribution < -0.4 is 5.32 Å². The molecule has 0 bridgehead atoms. The lowest BCUT2D eigenvalue weighted by Crippen LogP contribution is -2.47. The third kappa shape index (κ3) is 4.55. The minimum absolute atomic E-state index is 0.151. The molecule has 1 amide bonds. The minimum atomic E-state index is -0.523. The number of amides is 1. The SMILES string of the molecule is COC(=O)C(NC(=O)Cc1ccncc1)C1CCCCC1. The maximum Gasteiger partial charge on any atom is 0.328 e. The first-order valence-corrected chi connectivity index (χ1v) is 7.47. The largest absolute Gasteiger partial charge is 0.467 e. The molecule has 1 aliphatic carbocycles. The summed E-state index contributed by atoms with van der Waals surface area (Å²) < 4.78 is 4.85. The summed E-state index contributed by atoms with van der Waals surface area (Å²) in [6.07, 6.45) is 8.92. The molecule has 0 aromatic carbocycles. The molecule has 1 aromatic heterocycles. The second kappa shape index (κ2) is 7.76. The molecular formula is C16H22N2O3.